The quantitative estimate of drug-likeness (QED) is 0.813. The zero-order chi connectivity index (χ0) is 12.8. The molecule has 2 aromatic heterocycles. The Labute approximate surface area is 106 Å². The first-order valence-corrected chi connectivity index (χ1v) is 5.88. The van der Waals surface area contributed by atoms with Gasteiger partial charge in [-0.2, -0.15) is 5.26 Å². The highest BCUT2D eigenvalue weighted by molar-refractivity contribution is 5.50. The minimum atomic E-state index is 0.580. The summed E-state index contributed by atoms with van der Waals surface area (Å²) in [7, 11) is 0. The first-order chi connectivity index (χ1) is 8.81. The van der Waals surface area contributed by atoms with Crippen molar-refractivity contribution in [3.8, 4) is 6.07 Å². The van der Waals surface area contributed by atoms with E-state index >= 15 is 0 Å². The summed E-state index contributed by atoms with van der Waals surface area (Å²) in [5, 5.41) is 12.1. The molecule has 0 spiro atoms. The van der Waals surface area contributed by atoms with Crippen LogP contribution in [0, 0.1) is 18.3 Å². The lowest BCUT2D eigenvalue weighted by Gasteiger charge is -2.08. The van der Waals surface area contributed by atoms with E-state index < -0.39 is 0 Å². The summed E-state index contributed by atoms with van der Waals surface area (Å²) in [5.74, 6) is 1.67. The lowest BCUT2D eigenvalue weighted by Crippen LogP contribution is -2.09. The number of aryl methyl sites for hydroxylation is 2. The van der Waals surface area contributed by atoms with Crippen LogP contribution < -0.4 is 5.32 Å². The molecule has 0 unspecified atom stereocenters. The summed E-state index contributed by atoms with van der Waals surface area (Å²) in [5.41, 5.74) is 0.580. The molecule has 0 aliphatic carbocycles. The predicted molar refractivity (Wildman–Crippen MR) is 69.0 cm³/mol. The molecule has 0 atom stereocenters. The van der Waals surface area contributed by atoms with Gasteiger partial charge in [-0.25, -0.2) is 9.97 Å². The Morgan fingerprint density at radius 2 is 2.28 bits per heavy atom. The van der Waals surface area contributed by atoms with Crippen LogP contribution in [0.4, 0.5) is 5.82 Å². The van der Waals surface area contributed by atoms with Gasteiger partial charge in [0.25, 0.3) is 0 Å². The van der Waals surface area contributed by atoms with Gasteiger partial charge in [-0.05, 0) is 25.5 Å². The van der Waals surface area contributed by atoms with Crippen molar-refractivity contribution in [3.05, 3.63) is 42.1 Å². The fourth-order valence-corrected chi connectivity index (χ4v) is 1.73. The average Bonchev–Trinajstić information content (AvgIpc) is 2.81. The third kappa shape index (κ3) is 2.86. The van der Waals surface area contributed by atoms with Crippen LogP contribution in [-0.2, 0) is 6.54 Å². The summed E-state index contributed by atoms with van der Waals surface area (Å²) in [6, 6.07) is 5.64. The van der Waals surface area contributed by atoms with Crippen molar-refractivity contribution in [2.75, 3.05) is 11.9 Å². The van der Waals surface area contributed by atoms with Crippen molar-refractivity contribution in [2.45, 2.75) is 19.9 Å². The molecule has 2 rings (SSSR count). The van der Waals surface area contributed by atoms with Gasteiger partial charge >= 0.3 is 0 Å². The summed E-state index contributed by atoms with van der Waals surface area (Å²) < 4.78 is 2.10. The lowest BCUT2D eigenvalue weighted by atomic mass is 10.3. The summed E-state index contributed by atoms with van der Waals surface area (Å²) in [6.07, 6.45) is 6.41. The number of pyridine rings is 1. The summed E-state index contributed by atoms with van der Waals surface area (Å²) >= 11 is 0. The Hall–Kier alpha value is -2.35. The number of nitrogens with zero attached hydrogens (tertiary/aromatic N) is 4. The van der Waals surface area contributed by atoms with Crippen LogP contribution >= 0.6 is 0 Å². The van der Waals surface area contributed by atoms with E-state index in [-0.39, 0.29) is 0 Å². The SMILES string of the molecule is Cc1nccn1CCCNc1ncccc1C#N. The van der Waals surface area contributed by atoms with Crippen LogP contribution in [0.15, 0.2) is 30.7 Å². The molecule has 5 heteroatoms. The standard InChI is InChI=1S/C13H15N5/c1-11-15-7-9-18(11)8-3-6-17-13-12(10-14)4-2-5-16-13/h2,4-5,7,9H,3,6,8H2,1H3,(H,16,17). The van der Waals surface area contributed by atoms with E-state index in [1.165, 1.54) is 0 Å². The van der Waals surface area contributed by atoms with Gasteiger partial charge in [-0.15, -0.1) is 0 Å². The Bertz CT molecular complexity index is 553. The minimum Gasteiger partial charge on any atom is -0.369 e. The Balaban J connectivity index is 1.82. The molecule has 0 radical (unpaired) electrons. The second kappa shape index (κ2) is 5.82. The first kappa shape index (κ1) is 12.1. The highest BCUT2D eigenvalue weighted by Crippen LogP contribution is 2.09. The summed E-state index contributed by atoms with van der Waals surface area (Å²) in [6.45, 7) is 3.68. The van der Waals surface area contributed by atoms with E-state index in [4.69, 9.17) is 5.26 Å². The molecule has 0 aliphatic rings. The largest absolute Gasteiger partial charge is 0.369 e. The van der Waals surface area contributed by atoms with E-state index in [9.17, 15) is 0 Å². The van der Waals surface area contributed by atoms with Gasteiger partial charge in [0.05, 0.1) is 5.56 Å². The number of imidazole rings is 1. The molecule has 0 aromatic carbocycles. The monoisotopic (exact) mass is 241 g/mol. The second-order valence-corrected chi connectivity index (χ2v) is 3.96. The fraction of sp³-hybridized carbons (Fsp3) is 0.308. The number of aromatic nitrogens is 3. The molecule has 5 nitrogen and oxygen atoms in total. The van der Waals surface area contributed by atoms with Gasteiger partial charge in [0, 0.05) is 31.7 Å². The Morgan fingerprint density at radius 1 is 1.39 bits per heavy atom. The molecule has 18 heavy (non-hydrogen) atoms. The van der Waals surface area contributed by atoms with Crippen LogP contribution in [0.3, 0.4) is 0 Å². The lowest BCUT2D eigenvalue weighted by molar-refractivity contribution is 0.642. The number of nitriles is 1. The van der Waals surface area contributed by atoms with Crippen molar-refractivity contribution < 1.29 is 0 Å². The Morgan fingerprint density at radius 3 is 3.00 bits per heavy atom. The molecule has 0 amide bonds. The number of hydrogen-bond acceptors (Lipinski definition) is 4. The number of nitrogens with one attached hydrogen (secondary N) is 1. The first-order valence-electron chi connectivity index (χ1n) is 5.88. The van der Waals surface area contributed by atoms with E-state index in [0.717, 1.165) is 25.3 Å². The zero-order valence-corrected chi connectivity index (χ0v) is 10.3. The predicted octanol–water partition coefficient (Wildman–Crippen LogP) is 1.96. The molecule has 2 heterocycles. The van der Waals surface area contributed by atoms with Crippen LogP contribution in [0.5, 0.6) is 0 Å². The van der Waals surface area contributed by atoms with Gasteiger partial charge in [0.15, 0.2) is 0 Å². The molecule has 0 saturated heterocycles. The van der Waals surface area contributed by atoms with E-state index in [1.807, 2.05) is 13.1 Å². The van der Waals surface area contributed by atoms with Crippen molar-refractivity contribution in [2.24, 2.45) is 0 Å². The van der Waals surface area contributed by atoms with Crippen molar-refractivity contribution >= 4 is 5.82 Å². The third-order valence-corrected chi connectivity index (χ3v) is 2.72. The van der Waals surface area contributed by atoms with E-state index in [1.54, 1.807) is 24.5 Å². The number of rotatable bonds is 5. The maximum Gasteiger partial charge on any atom is 0.143 e. The highest BCUT2D eigenvalue weighted by Gasteiger charge is 2.01. The van der Waals surface area contributed by atoms with Crippen LogP contribution in [0.2, 0.25) is 0 Å². The maximum absolute atomic E-state index is 8.92. The minimum absolute atomic E-state index is 0.580. The molecule has 0 aliphatic heterocycles. The van der Waals surface area contributed by atoms with Crippen molar-refractivity contribution in [1.82, 2.24) is 14.5 Å². The van der Waals surface area contributed by atoms with Gasteiger partial charge in [0.2, 0.25) is 0 Å². The number of anilines is 1. The highest BCUT2D eigenvalue weighted by atomic mass is 15.1. The second-order valence-electron chi connectivity index (χ2n) is 3.96. The third-order valence-electron chi connectivity index (χ3n) is 2.72. The van der Waals surface area contributed by atoms with Gasteiger partial charge < -0.3 is 9.88 Å². The molecule has 92 valence electrons. The van der Waals surface area contributed by atoms with E-state index in [2.05, 4.69) is 25.9 Å². The van der Waals surface area contributed by atoms with Crippen LogP contribution in [0.25, 0.3) is 0 Å². The van der Waals surface area contributed by atoms with Crippen LogP contribution in [0.1, 0.15) is 17.8 Å². The van der Waals surface area contributed by atoms with Gasteiger partial charge in [-0.3, -0.25) is 0 Å². The molecule has 0 saturated carbocycles. The normalized spacial score (nSPS) is 10.0. The maximum atomic E-state index is 8.92. The van der Waals surface area contributed by atoms with E-state index in [0.29, 0.717) is 11.4 Å². The topological polar surface area (TPSA) is 66.5 Å². The molecule has 0 fully saturated rings. The number of hydrogen-bond donors (Lipinski definition) is 1. The van der Waals surface area contributed by atoms with Crippen LogP contribution in [-0.4, -0.2) is 21.1 Å². The zero-order valence-electron chi connectivity index (χ0n) is 10.3. The smallest absolute Gasteiger partial charge is 0.143 e. The van der Waals surface area contributed by atoms with Gasteiger partial charge in [0.1, 0.15) is 17.7 Å². The molecule has 0 bridgehead atoms. The molecular weight excluding hydrogens is 226 g/mol. The fourth-order valence-electron chi connectivity index (χ4n) is 1.73. The van der Waals surface area contributed by atoms with Gasteiger partial charge in [-0.1, -0.05) is 0 Å². The molecule has 1 N–H and O–H groups in total. The molecule has 2 aromatic rings. The Kier molecular flexibility index (Phi) is 3.92. The average molecular weight is 241 g/mol. The summed E-state index contributed by atoms with van der Waals surface area (Å²) in [4.78, 5) is 8.32. The molecular formula is C13H15N5. The van der Waals surface area contributed by atoms with Crippen molar-refractivity contribution in [1.29, 1.82) is 5.26 Å². The van der Waals surface area contributed by atoms with Crippen molar-refractivity contribution in [3.63, 3.8) is 0 Å².